The van der Waals surface area contributed by atoms with E-state index < -0.39 is 10.8 Å². The monoisotopic (exact) mass is 343 g/mol. The molecule has 0 spiro atoms. The molecule has 0 radical (unpaired) electrons. The van der Waals surface area contributed by atoms with Gasteiger partial charge in [0.15, 0.2) is 11.5 Å². The number of thiazole rings is 1. The topological polar surface area (TPSA) is 48.4 Å². The molecule has 1 aliphatic heterocycles. The van der Waals surface area contributed by atoms with E-state index in [0.717, 1.165) is 10.7 Å². The van der Waals surface area contributed by atoms with Gasteiger partial charge in [0.1, 0.15) is 13.2 Å². The summed E-state index contributed by atoms with van der Waals surface area (Å²) in [6, 6.07) is 3.40. The number of nitrogens with zero attached hydrogens (tertiary/aromatic N) is 1. The molecule has 0 aliphatic carbocycles. The Morgan fingerprint density at radius 2 is 2.05 bits per heavy atom. The van der Waals surface area contributed by atoms with Crippen LogP contribution >= 0.6 is 22.9 Å². The second kappa shape index (κ2) is 6.34. The second-order valence-electron chi connectivity index (χ2n) is 4.58. The minimum atomic E-state index is -1.19. The van der Waals surface area contributed by atoms with Crippen LogP contribution in [0.3, 0.4) is 0 Å². The Morgan fingerprint density at radius 3 is 2.71 bits per heavy atom. The Hall–Kier alpha value is -1.11. The van der Waals surface area contributed by atoms with Gasteiger partial charge in [-0.15, -0.1) is 11.3 Å². The highest BCUT2D eigenvalue weighted by Gasteiger charge is 2.18. The molecule has 21 heavy (non-hydrogen) atoms. The van der Waals surface area contributed by atoms with E-state index >= 15 is 0 Å². The van der Waals surface area contributed by atoms with Gasteiger partial charge in [-0.25, -0.2) is 4.98 Å². The van der Waals surface area contributed by atoms with Crippen LogP contribution in [-0.2, 0) is 17.2 Å². The average molecular weight is 344 g/mol. The van der Waals surface area contributed by atoms with Crippen molar-refractivity contribution in [2.45, 2.75) is 18.2 Å². The number of ether oxygens (including phenoxy) is 2. The zero-order valence-electron chi connectivity index (χ0n) is 11.4. The molecule has 0 saturated heterocycles. The largest absolute Gasteiger partial charge is 0.486 e. The number of halogens is 1. The molecule has 1 atom stereocenters. The van der Waals surface area contributed by atoms with Gasteiger partial charge >= 0.3 is 0 Å². The van der Waals surface area contributed by atoms with Crippen LogP contribution in [0.25, 0.3) is 0 Å². The molecular formula is C14H14ClNO3S2. The van der Waals surface area contributed by atoms with Gasteiger partial charge in [0.25, 0.3) is 0 Å². The fraction of sp³-hybridized carbons (Fsp3) is 0.357. The van der Waals surface area contributed by atoms with E-state index in [1.807, 2.05) is 12.3 Å². The van der Waals surface area contributed by atoms with Crippen molar-refractivity contribution < 1.29 is 13.7 Å². The molecule has 112 valence electrons. The summed E-state index contributed by atoms with van der Waals surface area (Å²) in [5.41, 5.74) is 0.972. The normalized spacial score (nSPS) is 15.0. The standard InChI is InChI=1S/C14H14ClNO3S2/c1-9-16-10(8-20-9)2-5-21(17)14-7-13-12(6-11(14)15)18-3-4-19-13/h6-8H,2-5H2,1H3/t21-/m1/s1. The van der Waals surface area contributed by atoms with Crippen molar-refractivity contribution in [3.8, 4) is 11.5 Å². The van der Waals surface area contributed by atoms with Gasteiger partial charge in [0.2, 0.25) is 0 Å². The smallest absolute Gasteiger partial charge is 0.162 e. The molecule has 7 heteroatoms. The molecular weight excluding hydrogens is 330 g/mol. The summed E-state index contributed by atoms with van der Waals surface area (Å²) in [6.07, 6.45) is 0.668. The maximum atomic E-state index is 12.4. The van der Waals surface area contributed by atoms with Crippen molar-refractivity contribution in [3.63, 3.8) is 0 Å². The summed E-state index contributed by atoms with van der Waals surface area (Å²) < 4.78 is 23.4. The molecule has 0 saturated carbocycles. The van der Waals surface area contributed by atoms with Crippen LogP contribution in [0.5, 0.6) is 11.5 Å². The predicted molar refractivity (Wildman–Crippen MR) is 84.3 cm³/mol. The van der Waals surface area contributed by atoms with Gasteiger partial charge in [0.05, 0.1) is 31.4 Å². The molecule has 1 aromatic carbocycles. The molecule has 0 bridgehead atoms. The zero-order valence-corrected chi connectivity index (χ0v) is 13.8. The molecule has 1 aliphatic rings. The SMILES string of the molecule is Cc1nc(CC[S@@](=O)c2cc3c(cc2Cl)OCCO3)cs1. The van der Waals surface area contributed by atoms with E-state index in [0.29, 0.717) is 46.8 Å². The first-order valence-electron chi connectivity index (χ1n) is 6.52. The molecule has 0 amide bonds. The first-order chi connectivity index (χ1) is 10.1. The van der Waals surface area contributed by atoms with Crippen LogP contribution < -0.4 is 9.47 Å². The predicted octanol–water partition coefficient (Wildman–Crippen LogP) is 3.23. The van der Waals surface area contributed by atoms with Gasteiger partial charge in [-0.1, -0.05) is 11.6 Å². The van der Waals surface area contributed by atoms with Gasteiger partial charge in [-0.05, 0) is 6.92 Å². The Labute approximate surface area is 134 Å². The lowest BCUT2D eigenvalue weighted by Gasteiger charge is -2.19. The molecule has 0 fully saturated rings. The lowest BCUT2D eigenvalue weighted by molar-refractivity contribution is 0.171. The first kappa shape index (κ1) is 14.8. The minimum absolute atomic E-state index is 0.451. The van der Waals surface area contributed by atoms with Crippen molar-refractivity contribution in [1.82, 2.24) is 4.98 Å². The van der Waals surface area contributed by atoms with Gasteiger partial charge in [-0.3, -0.25) is 4.21 Å². The number of rotatable bonds is 4. The Bertz CT molecular complexity index is 687. The number of fused-ring (bicyclic) bond motifs is 1. The third-order valence-electron chi connectivity index (χ3n) is 3.05. The number of aryl methyl sites for hydroxylation is 2. The molecule has 1 aromatic heterocycles. The van der Waals surface area contributed by atoms with Crippen LogP contribution in [0.2, 0.25) is 5.02 Å². The van der Waals surface area contributed by atoms with Crippen LogP contribution in [0, 0.1) is 6.92 Å². The van der Waals surface area contributed by atoms with Crippen molar-refractivity contribution in [2.24, 2.45) is 0 Å². The van der Waals surface area contributed by atoms with Crippen LogP contribution in [0.4, 0.5) is 0 Å². The lowest BCUT2D eigenvalue weighted by Crippen LogP contribution is -2.16. The lowest BCUT2D eigenvalue weighted by atomic mass is 10.3. The molecule has 2 aromatic rings. The van der Waals surface area contributed by atoms with E-state index in [4.69, 9.17) is 21.1 Å². The summed E-state index contributed by atoms with van der Waals surface area (Å²) >= 11 is 7.80. The van der Waals surface area contributed by atoms with E-state index in [2.05, 4.69) is 4.98 Å². The van der Waals surface area contributed by atoms with E-state index in [1.54, 1.807) is 23.5 Å². The molecule has 0 N–H and O–H groups in total. The number of benzene rings is 1. The van der Waals surface area contributed by atoms with Crippen LogP contribution in [0.15, 0.2) is 22.4 Å². The van der Waals surface area contributed by atoms with Crippen molar-refractivity contribution >= 4 is 33.7 Å². The van der Waals surface area contributed by atoms with Crippen LogP contribution in [0.1, 0.15) is 10.7 Å². The average Bonchev–Trinajstić information content (AvgIpc) is 2.89. The number of aromatic nitrogens is 1. The molecule has 3 rings (SSSR count). The van der Waals surface area contributed by atoms with E-state index in [9.17, 15) is 4.21 Å². The maximum absolute atomic E-state index is 12.4. The van der Waals surface area contributed by atoms with E-state index in [-0.39, 0.29) is 0 Å². The summed E-state index contributed by atoms with van der Waals surface area (Å²) in [7, 11) is -1.19. The fourth-order valence-corrected chi connectivity index (χ4v) is 4.24. The quantitative estimate of drug-likeness (QED) is 0.855. The maximum Gasteiger partial charge on any atom is 0.162 e. The van der Waals surface area contributed by atoms with Crippen LogP contribution in [-0.4, -0.2) is 28.2 Å². The second-order valence-corrected chi connectivity index (χ2v) is 7.59. The van der Waals surface area contributed by atoms with Gasteiger partial charge < -0.3 is 9.47 Å². The van der Waals surface area contributed by atoms with Crippen molar-refractivity contribution in [1.29, 1.82) is 0 Å². The minimum Gasteiger partial charge on any atom is -0.486 e. The molecule has 0 unspecified atom stereocenters. The van der Waals surface area contributed by atoms with Crippen molar-refractivity contribution in [3.05, 3.63) is 33.2 Å². The Balaban J connectivity index is 1.75. The number of hydrogen-bond donors (Lipinski definition) is 0. The number of hydrogen-bond acceptors (Lipinski definition) is 5. The Kier molecular flexibility index (Phi) is 4.47. The fourth-order valence-electron chi connectivity index (χ4n) is 2.05. The summed E-state index contributed by atoms with van der Waals surface area (Å²) in [6.45, 7) is 2.97. The summed E-state index contributed by atoms with van der Waals surface area (Å²) in [5.74, 6) is 1.71. The first-order valence-corrected chi connectivity index (χ1v) is 9.09. The highest BCUT2D eigenvalue weighted by molar-refractivity contribution is 7.85. The summed E-state index contributed by atoms with van der Waals surface area (Å²) in [5, 5.41) is 3.47. The van der Waals surface area contributed by atoms with E-state index in [1.165, 1.54) is 0 Å². The van der Waals surface area contributed by atoms with Crippen molar-refractivity contribution in [2.75, 3.05) is 19.0 Å². The van der Waals surface area contributed by atoms with Gasteiger partial charge in [0, 0.05) is 29.7 Å². The third kappa shape index (κ3) is 3.39. The van der Waals surface area contributed by atoms with Gasteiger partial charge in [-0.2, -0.15) is 0 Å². The Morgan fingerprint density at radius 1 is 1.33 bits per heavy atom. The molecule has 2 heterocycles. The summed E-state index contributed by atoms with van der Waals surface area (Å²) in [4.78, 5) is 4.97. The third-order valence-corrected chi connectivity index (χ3v) is 5.70. The highest BCUT2D eigenvalue weighted by atomic mass is 35.5. The molecule has 4 nitrogen and oxygen atoms in total. The zero-order chi connectivity index (χ0) is 14.8. The highest BCUT2D eigenvalue weighted by Crippen LogP contribution is 2.36.